The maximum absolute atomic E-state index is 14.6. The van der Waals surface area contributed by atoms with Crippen LogP contribution in [0.4, 0.5) is 0 Å². The number of nitrogens with two attached hydrogens (primary N) is 1. The Morgan fingerprint density at radius 2 is 1.50 bits per heavy atom. The van der Waals surface area contributed by atoms with E-state index >= 15 is 0 Å². The van der Waals surface area contributed by atoms with E-state index in [0.29, 0.717) is 44.7 Å². The minimum absolute atomic E-state index is 0.0198. The highest BCUT2D eigenvalue weighted by Crippen LogP contribution is 2.23. The predicted molar refractivity (Wildman–Crippen MR) is 195 cm³/mol. The molecule has 0 spiro atoms. The summed E-state index contributed by atoms with van der Waals surface area (Å²) in [6.07, 6.45) is 7.17. The molecule has 0 unspecified atom stereocenters. The van der Waals surface area contributed by atoms with Gasteiger partial charge >= 0.3 is 0 Å². The molecule has 0 aliphatic carbocycles. The highest BCUT2D eigenvalue weighted by Gasteiger charge is 2.37. The molecule has 1 heterocycles. The Morgan fingerprint density at radius 1 is 0.854 bits per heavy atom. The van der Waals surface area contributed by atoms with E-state index in [9.17, 15) is 14.4 Å². The second kappa shape index (κ2) is 16.9. The summed E-state index contributed by atoms with van der Waals surface area (Å²) in [6, 6.07) is 22.9. The van der Waals surface area contributed by atoms with E-state index < -0.39 is 17.6 Å². The van der Waals surface area contributed by atoms with Crippen LogP contribution in [-0.4, -0.2) is 103 Å². The van der Waals surface area contributed by atoms with Crippen LogP contribution in [-0.2, 0) is 27.2 Å². The van der Waals surface area contributed by atoms with Crippen molar-refractivity contribution in [2.45, 2.75) is 70.0 Å². The summed E-state index contributed by atoms with van der Waals surface area (Å²) < 4.78 is 0. The first-order valence-electron chi connectivity index (χ1n) is 17.3. The quantitative estimate of drug-likeness (QED) is 0.243. The first kappa shape index (κ1) is 36.8. The summed E-state index contributed by atoms with van der Waals surface area (Å²) in [5.41, 5.74) is 7.75. The van der Waals surface area contributed by atoms with E-state index in [4.69, 9.17) is 5.73 Å². The lowest BCUT2D eigenvalue weighted by atomic mass is 9.94. The van der Waals surface area contributed by atoms with Gasteiger partial charge in [0.1, 0.15) is 12.1 Å². The van der Waals surface area contributed by atoms with Crippen molar-refractivity contribution in [3.8, 4) is 0 Å². The van der Waals surface area contributed by atoms with Crippen molar-refractivity contribution in [2.24, 2.45) is 11.7 Å². The van der Waals surface area contributed by atoms with Crippen LogP contribution >= 0.6 is 0 Å². The number of benzene rings is 3. The number of carbonyl (C=O) groups excluding carboxylic acids is 3. The number of amides is 3. The molecule has 1 saturated heterocycles. The highest BCUT2D eigenvalue weighted by atomic mass is 16.2. The SMILES string of the molecule is CN(C)CC1CCN(C(=O)[C@@H](CCc2ccccc2)N(C)C(=O)[C@@H](Cc2ccc3ccccc3c2)N(C)C(=O)/C=C/CC(C)(C)N)CC1. The summed E-state index contributed by atoms with van der Waals surface area (Å²) in [5.74, 6) is 0.00560. The molecule has 0 saturated carbocycles. The second-order valence-electron chi connectivity index (χ2n) is 14.5. The molecule has 1 aliphatic rings. The first-order chi connectivity index (χ1) is 22.8. The second-order valence-corrected chi connectivity index (χ2v) is 14.5. The van der Waals surface area contributed by atoms with Gasteiger partial charge in [0.2, 0.25) is 17.7 Å². The van der Waals surface area contributed by atoms with Crippen molar-refractivity contribution in [3.63, 3.8) is 0 Å². The Labute approximate surface area is 287 Å². The summed E-state index contributed by atoms with van der Waals surface area (Å²) in [5, 5.41) is 2.18. The van der Waals surface area contributed by atoms with Crippen LogP contribution in [0.2, 0.25) is 0 Å². The Hall–Kier alpha value is -4.01. The largest absolute Gasteiger partial charge is 0.341 e. The molecule has 0 bridgehead atoms. The number of likely N-dealkylation sites (tertiary alicyclic amines) is 1. The lowest BCUT2D eigenvalue weighted by molar-refractivity contribution is -0.150. The molecule has 258 valence electrons. The molecule has 2 atom stereocenters. The van der Waals surface area contributed by atoms with Gasteiger partial charge in [-0.25, -0.2) is 0 Å². The molecule has 8 nitrogen and oxygen atoms in total. The van der Waals surface area contributed by atoms with Gasteiger partial charge in [-0.1, -0.05) is 78.9 Å². The van der Waals surface area contributed by atoms with Gasteiger partial charge in [0.25, 0.3) is 0 Å². The molecule has 8 heteroatoms. The minimum Gasteiger partial charge on any atom is -0.341 e. The molecule has 4 rings (SSSR count). The Morgan fingerprint density at radius 3 is 2.15 bits per heavy atom. The van der Waals surface area contributed by atoms with Gasteiger partial charge in [-0.05, 0) is 93.9 Å². The number of hydrogen-bond donors (Lipinski definition) is 1. The zero-order valence-corrected chi connectivity index (χ0v) is 29.8. The molecule has 0 radical (unpaired) electrons. The molecule has 48 heavy (non-hydrogen) atoms. The average molecular weight is 654 g/mol. The maximum Gasteiger partial charge on any atom is 0.246 e. The van der Waals surface area contributed by atoms with E-state index in [0.717, 1.165) is 41.3 Å². The number of likely N-dealkylation sites (N-methyl/N-ethyl adjacent to an activating group) is 2. The zero-order valence-electron chi connectivity index (χ0n) is 29.8. The van der Waals surface area contributed by atoms with E-state index in [1.54, 1.807) is 25.1 Å². The molecule has 3 amide bonds. The summed E-state index contributed by atoms with van der Waals surface area (Å²) in [6.45, 7) is 6.18. The van der Waals surface area contributed by atoms with Crippen molar-refractivity contribution in [1.82, 2.24) is 19.6 Å². The van der Waals surface area contributed by atoms with Crippen LogP contribution < -0.4 is 5.73 Å². The standard InChI is InChI=1S/C40H55N5O3/c1-40(2,41)24-12-17-37(46)43(5)36(28-32-18-20-33-15-10-11-16-34(33)27-32)38(47)44(6)35(21-19-30-13-8-7-9-14-30)39(48)45-25-22-31(23-26-45)29-42(3)4/h7-18,20,27,31,35-36H,19,21-26,28-29,41H2,1-6H3/b17-12+/t35-,36-/m1/s1. The van der Waals surface area contributed by atoms with E-state index in [-0.39, 0.29) is 17.7 Å². The van der Waals surface area contributed by atoms with Crippen LogP contribution in [0, 0.1) is 5.92 Å². The number of piperidine rings is 1. The summed E-state index contributed by atoms with van der Waals surface area (Å²) in [7, 11) is 7.58. The Kier molecular flexibility index (Phi) is 13.0. The third kappa shape index (κ3) is 10.5. The third-order valence-corrected chi connectivity index (χ3v) is 9.45. The van der Waals surface area contributed by atoms with Crippen molar-refractivity contribution in [2.75, 3.05) is 47.8 Å². The minimum atomic E-state index is -0.808. The van der Waals surface area contributed by atoms with Crippen molar-refractivity contribution < 1.29 is 14.4 Å². The number of fused-ring (bicyclic) bond motifs is 1. The van der Waals surface area contributed by atoms with Gasteiger partial charge in [-0.2, -0.15) is 0 Å². The van der Waals surface area contributed by atoms with Crippen LogP contribution in [0.25, 0.3) is 10.8 Å². The van der Waals surface area contributed by atoms with Gasteiger partial charge in [-0.3, -0.25) is 14.4 Å². The summed E-state index contributed by atoms with van der Waals surface area (Å²) >= 11 is 0. The highest BCUT2D eigenvalue weighted by molar-refractivity contribution is 5.95. The number of nitrogens with zero attached hydrogens (tertiary/aromatic N) is 4. The number of carbonyl (C=O) groups is 3. The van der Waals surface area contributed by atoms with Gasteiger partial charge in [-0.15, -0.1) is 0 Å². The van der Waals surface area contributed by atoms with E-state index in [1.165, 1.54) is 11.0 Å². The van der Waals surface area contributed by atoms with E-state index in [2.05, 4.69) is 43.3 Å². The molecule has 1 aliphatic heterocycles. The van der Waals surface area contributed by atoms with E-state index in [1.807, 2.05) is 67.3 Å². The lowest BCUT2D eigenvalue weighted by Gasteiger charge is -2.39. The molecule has 3 aromatic rings. The van der Waals surface area contributed by atoms with Crippen LogP contribution in [0.3, 0.4) is 0 Å². The van der Waals surface area contributed by atoms with Crippen molar-refractivity contribution >= 4 is 28.5 Å². The van der Waals surface area contributed by atoms with Crippen LogP contribution in [0.15, 0.2) is 84.9 Å². The molecule has 3 aromatic carbocycles. The fourth-order valence-electron chi connectivity index (χ4n) is 6.60. The van der Waals surface area contributed by atoms with Gasteiger partial charge in [0, 0.05) is 45.7 Å². The van der Waals surface area contributed by atoms with Crippen LogP contribution in [0.5, 0.6) is 0 Å². The topological polar surface area (TPSA) is 90.2 Å². The smallest absolute Gasteiger partial charge is 0.246 e. The molecule has 1 fully saturated rings. The van der Waals surface area contributed by atoms with Crippen molar-refractivity contribution in [1.29, 1.82) is 0 Å². The first-order valence-corrected chi connectivity index (χ1v) is 17.3. The third-order valence-electron chi connectivity index (χ3n) is 9.45. The zero-order chi connectivity index (χ0) is 34.8. The Bertz CT molecular complexity index is 1540. The fourth-order valence-corrected chi connectivity index (χ4v) is 6.60. The van der Waals surface area contributed by atoms with Crippen molar-refractivity contribution in [3.05, 3.63) is 96.1 Å². The maximum atomic E-state index is 14.6. The molecule has 2 N–H and O–H groups in total. The average Bonchev–Trinajstić information content (AvgIpc) is 3.06. The molecular formula is C40H55N5O3. The fraction of sp³-hybridized carbons (Fsp3) is 0.475. The lowest BCUT2D eigenvalue weighted by Crippen LogP contribution is -2.56. The predicted octanol–water partition coefficient (Wildman–Crippen LogP) is 5.15. The number of rotatable bonds is 14. The van der Waals surface area contributed by atoms with Gasteiger partial charge < -0.3 is 25.3 Å². The monoisotopic (exact) mass is 653 g/mol. The molecule has 0 aromatic heterocycles. The van der Waals surface area contributed by atoms with Gasteiger partial charge in [0.15, 0.2) is 0 Å². The van der Waals surface area contributed by atoms with Gasteiger partial charge in [0.05, 0.1) is 0 Å². The normalized spacial score (nSPS) is 15.5. The number of hydrogen-bond acceptors (Lipinski definition) is 5. The number of aryl methyl sites for hydroxylation is 1. The Balaban J connectivity index is 1.62. The van der Waals surface area contributed by atoms with Crippen LogP contribution in [0.1, 0.15) is 50.7 Å². The summed E-state index contributed by atoms with van der Waals surface area (Å²) in [4.78, 5) is 49.7. The molecular weight excluding hydrogens is 598 g/mol.